The van der Waals surface area contributed by atoms with Gasteiger partial charge in [0.2, 0.25) is 5.91 Å². The highest BCUT2D eigenvalue weighted by Crippen LogP contribution is 2.24. The van der Waals surface area contributed by atoms with Gasteiger partial charge in [-0.1, -0.05) is 41.5 Å². The van der Waals surface area contributed by atoms with E-state index in [0.29, 0.717) is 11.8 Å². The predicted octanol–water partition coefficient (Wildman–Crippen LogP) is 2.81. The first-order valence-electron chi connectivity index (χ1n) is 7.18. The van der Waals surface area contributed by atoms with Crippen LogP contribution in [0.4, 0.5) is 0 Å². The molecule has 3 nitrogen and oxygen atoms in total. The van der Waals surface area contributed by atoms with Gasteiger partial charge in [-0.3, -0.25) is 4.79 Å². The SMILES string of the molecule is CC(C)CCNC(=O)C(C)NCC(C)(C)C(C)C. The lowest BCUT2D eigenvalue weighted by atomic mass is 9.81. The van der Waals surface area contributed by atoms with Gasteiger partial charge in [-0.15, -0.1) is 0 Å². The molecule has 1 unspecified atom stereocenters. The van der Waals surface area contributed by atoms with E-state index < -0.39 is 0 Å². The Morgan fingerprint density at radius 3 is 2.11 bits per heavy atom. The van der Waals surface area contributed by atoms with E-state index in [1.165, 1.54) is 0 Å². The van der Waals surface area contributed by atoms with Crippen LogP contribution in [0.5, 0.6) is 0 Å². The Labute approximate surface area is 113 Å². The van der Waals surface area contributed by atoms with Gasteiger partial charge in [-0.2, -0.15) is 0 Å². The normalized spacial score (nSPS) is 14.1. The molecular weight excluding hydrogens is 224 g/mol. The molecule has 3 heteroatoms. The first-order chi connectivity index (χ1) is 8.16. The van der Waals surface area contributed by atoms with Crippen LogP contribution in [0.3, 0.4) is 0 Å². The van der Waals surface area contributed by atoms with Crippen LogP contribution in [0, 0.1) is 17.3 Å². The molecule has 1 atom stereocenters. The number of nitrogens with one attached hydrogen (secondary N) is 2. The maximum atomic E-state index is 11.8. The summed E-state index contributed by atoms with van der Waals surface area (Å²) in [6.07, 6.45) is 1.04. The number of rotatable bonds is 8. The van der Waals surface area contributed by atoms with Crippen LogP contribution in [0.2, 0.25) is 0 Å². The van der Waals surface area contributed by atoms with Gasteiger partial charge in [0.15, 0.2) is 0 Å². The van der Waals surface area contributed by atoms with Crippen molar-refractivity contribution < 1.29 is 4.79 Å². The molecule has 0 aliphatic heterocycles. The predicted molar refractivity (Wildman–Crippen MR) is 78.5 cm³/mol. The third-order valence-corrected chi connectivity index (χ3v) is 3.84. The molecule has 0 bridgehead atoms. The fraction of sp³-hybridized carbons (Fsp3) is 0.933. The number of hydrogen-bond donors (Lipinski definition) is 2. The maximum Gasteiger partial charge on any atom is 0.236 e. The zero-order valence-electron chi connectivity index (χ0n) is 13.3. The Hall–Kier alpha value is -0.570. The summed E-state index contributed by atoms with van der Waals surface area (Å²) < 4.78 is 0. The van der Waals surface area contributed by atoms with Crippen LogP contribution in [0.15, 0.2) is 0 Å². The van der Waals surface area contributed by atoms with Crippen molar-refractivity contribution in [2.24, 2.45) is 17.3 Å². The lowest BCUT2D eigenvalue weighted by Gasteiger charge is -2.30. The highest BCUT2D eigenvalue weighted by molar-refractivity contribution is 5.81. The van der Waals surface area contributed by atoms with E-state index in [1.54, 1.807) is 0 Å². The molecule has 0 radical (unpaired) electrons. The van der Waals surface area contributed by atoms with Crippen molar-refractivity contribution in [1.29, 1.82) is 0 Å². The average Bonchev–Trinajstić information content (AvgIpc) is 2.25. The largest absolute Gasteiger partial charge is 0.355 e. The van der Waals surface area contributed by atoms with Crippen LogP contribution in [-0.2, 0) is 4.79 Å². The van der Waals surface area contributed by atoms with Crippen molar-refractivity contribution in [1.82, 2.24) is 10.6 Å². The Bertz CT molecular complexity index is 247. The van der Waals surface area contributed by atoms with Crippen LogP contribution < -0.4 is 10.6 Å². The molecule has 0 saturated carbocycles. The zero-order valence-corrected chi connectivity index (χ0v) is 13.3. The minimum absolute atomic E-state index is 0.107. The molecule has 0 rings (SSSR count). The van der Waals surface area contributed by atoms with Crippen molar-refractivity contribution in [3.63, 3.8) is 0 Å². The van der Waals surface area contributed by atoms with Crippen LogP contribution in [-0.4, -0.2) is 25.0 Å². The third-order valence-electron chi connectivity index (χ3n) is 3.84. The van der Waals surface area contributed by atoms with E-state index in [1.807, 2.05) is 6.92 Å². The van der Waals surface area contributed by atoms with Crippen molar-refractivity contribution in [2.45, 2.75) is 60.9 Å². The summed E-state index contributed by atoms with van der Waals surface area (Å²) in [4.78, 5) is 11.8. The van der Waals surface area contributed by atoms with Gasteiger partial charge in [0, 0.05) is 13.1 Å². The van der Waals surface area contributed by atoms with Crippen molar-refractivity contribution in [3.05, 3.63) is 0 Å². The molecule has 0 aliphatic carbocycles. The van der Waals surface area contributed by atoms with E-state index >= 15 is 0 Å². The second-order valence-corrected chi connectivity index (χ2v) is 6.72. The molecule has 0 saturated heterocycles. The molecular formula is C15H32N2O. The van der Waals surface area contributed by atoms with E-state index in [0.717, 1.165) is 19.5 Å². The van der Waals surface area contributed by atoms with Gasteiger partial charge in [0.05, 0.1) is 6.04 Å². The summed E-state index contributed by atoms with van der Waals surface area (Å²) in [7, 11) is 0. The fourth-order valence-electron chi connectivity index (χ4n) is 1.35. The monoisotopic (exact) mass is 256 g/mol. The Kier molecular flexibility index (Phi) is 7.53. The molecule has 0 heterocycles. The molecule has 0 fully saturated rings. The topological polar surface area (TPSA) is 41.1 Å². The van der Waals surface area contributed by atoms with Gasteiger partial charge < -0.3 is 10.6 Å². The van der Waals surface area contributed by atoms with Crippen molar-refractivity contribution in [2.75, 3.05) is 13.1 Å². The summed E-state index contributed by atoms with van der Waals surface area (Å²) >= 11 is 0. The van der Waals surface area contributed by atoms with Gasteiger partial charge >= 0.3 is 0 Å². The Balaban J connectivity index is 3.95. The third kappa shape index (κ3) is 7.00. The Morgan fingerprint density at radius 1 is 1.11 bits per heavy atom. The molecule has 2 N–H and O–H groups in total. The van der Waals surface area contributed by atoms with E-state index in [4.69, 9.17) is 0 Å². The van der Waals surface area contributed by atoms with Gasteiger partial charge in [-0.05, 0) is 30.6 Å². The van der Waals surface area contributed by atoms with Gasteiger partial charge in [0.1, 0.15) is 0 Å². The number of carbonyl (C=O) groups excluding carboxylic acids is 1. The molecule has 0 spiro atoms. The summed E-state index contributed by atoms with van der Waals surface area (Å²) in [6.45, 7) is 16.8. The van der Waals surface area contributed by atoms with Crippen LogP contribution in [0.1, 0.15) is 54.9 Å². The lowest BCUT2D eigenvalue weighted by Crippen LogP contribution is -2.46. The first kappa shape index (κ1) is 17.4. The standard InChI is InChI=1S/C15H32N2O/c1-11(2)8-9-16-14(18)13(5)17-10-15(6,7)12(3)4/h11-13,17H,8-10H2,1-7H3,(H,16,18). The second-order valence-electron chi connectivity index (χ2n) is 6.72. The first-order valence-corrected chi connectivity index (χ1v) is 7.18. The lowest BCUT2D eigenvalue weighted by molar-refractivity contribution is -0.122. The van der Waals surface area contributed by atoms with Crippen LogP contribution in [0.25, 0.3) is 0 Å². The summed E-state index contributed by atoms with van der Waals surface area (Å²) in [6, 6.07) is -0.116. The molecule has 0 aliphatic rings. The van der Waals surface area contributed by atoms with E-state index in [9.17, 15) is 4.79 Å². The average molecular weight is 256 g/mol. The molecule has 18 heavy (non-hydrogen) atoms. The molecule has 0 aromatic rings. The molecule has 1 amide bonds. The van der Waals surface area contributed by atoms with Crippen molar-refractivity contribution >= 4 is 5.91 Å². The second kappa shape index (κ2) is 7.78. The number of carbonyl (C=O) groups is 1. The zero-order chi connectivity index (χ0) is 14.3. The number of hydrogen-bond acceptors (Lipinski definition) is 2. The Morgan fingerprint density at radius 2 is 1.67 bits per heavy atom. The van der Waals surface area contributed by atoms with E-state index in [-0.39, 0.29) is 17.4 Å². The fourth-order valence-corrected chi connectivity index (χ4v) is 1.35. The maximum absolute atomic E-state index is 11.8. The quantitative estimate of drug-likeness (QED) is 0.701. The summed E-state index contributed by atoms with van der Waals surface area (Å²) in [5.41, 5.74) is 0.215. The molecule has 0 aromatic heterocycles. The van der Waals surface area contributed by atoms with Gasteiger partial charge in [0.25, 0.3) is 0 Å². The molecule has 108 valence electrons. The summed E-state index contributed by atoms with van der Waals surface area (Å²) in [5, 5.41) is 6.31. The minimum Gasteiger partial charge on any atom is -0.355 e. The summed E-state index contributed by atoms with van der Waals surface area (Å²) in [5.74, 6) is 1.34. The number of amides is 1. The smallest absolute Gasteiger partial charge is 0.236 e. The highest BCUT2D eigenvalue weighted by atomic mass is 16.2. The van der Waals surface area contributed by atoms with Crippen LogP contribution >= 0.6 is 0 Å². The molecule has 0 aromatic carbocycles. The van der Waals surface area contributed by atoms with Crippen molar-refractivity contribution in [3.8, 4) is 0 Å². The minimum atomic E-state index is -0.116. The van der Waals surface area contributed by atoms with E-state index in [2.05, 4.69) is 52.2 Å². The highest BCUT2D eigenvalue weighted by Gasteiger charge is 2.23. The van der Waals surface area contributed by atoms with Gasteiger partial charge in [-0.25, -0.2) is 0 Å².